The molecule has 0 amide bonds. The number of hydrogen-bond donors (Lipinski definition) is 1. The van der Waals surface area contributed by atoms with E-state index in [1.807, 2.05) is 61.2 Å². The second-order valence-electron chi connectivity index (χ2n) is 6.95. The van der Waals surface area contributed by atoms with E-state index >= 15 is 0 Å². The standard InChI is InChI=1S/C22H22N2O4S/c1-13-5-4-6-16(11-13)24-14(2)19(21(25)26-3)20(23-22(24)29)15-7-8-17-18(12-15)28-10-9-27-17/h4-8,11-12,20H,9-10H2,1-3H3,(H,23,29)/t20-/m1/s1. The molecule has 0 fully saturated rings. The van der Waals surface area contributed by atoms with E-state index in [1.54, 1.807) is 0 Å². The van der Waals surface area contributed by atoms with E-state index < -0.39 is 12.0 Å². The third-order valence-corrected chi connectivity index (χ3v) is 5.35. The van der Waals surface area contributed by atoms with E-state index in [1.165, 1.54) is 7.11 Å². The number of rotatable bonds is 3. The minimum Gasteiger partial charge on any atom is -0.486 e. The largest absolute Gasteiger partial charge is 0.486 e. The number of nitrogens with one attached hydrogen (secondary N) is 1. The topological polar surface area (TPSA) is 60.0 Å². The van der Waals surface area contributed by atoms with Crippen LogP contribution in [0.2, 0.25) is 0 Å². The SMILES string of the molecule is COC(=O)C1=C(C)N(c2cccc(C)c2)C(=S)N[C@@H]1c1ccc2c(c1)OCCO2. The fourth-order valence-electron chi connectivity index (χ4n) is 3.68. The molecule has 2 aliphatic heterocycles. The number of allylic oxidation sites excluding steroid dienone is 1. The van der Waals surface area contributed by atoms with Gasteiger partial charge in [0, 0.05) is 11.4 Å². The smallest absolute Gasteiger partial charge is 0.337 e. The molecule has 6 nitrogen and oxygen atoms in total. The average Bonchev–Trinajstić information content (AvgIpc) is 2.72. The molecule has 2 aliphatic rings. The monoisotopic (exact) mass is 410 g/mol. The fraction of sp³-hybridized carbons (Fsp3) is 0.273. The van der Waals surface area contributed by atoms with Gasteiger partial charge in [0.05, 0.1) is 18.7 Å². The van der Waals surface area contributed by atoms with Gasteiger partial charge in [-0.2, -0.15) is 0 Å². The predicted octanol–water partition coefficient (Wildman–Crippen LogP) is 3.65. The van der Waals surface area contributed by atoms with Crippen molar-refractivity contribution in [1.82, 2.24) is 5.32 Å². The molecule has 0 saturated carbocycles. The number of aryl methyl sites for hydroxylation is 1. The quantitative estimate of drug-likeness (QED) is 0.612. The Labute approximate surface area is 175 Å². The summed E-state index contributed by atoms with van der Waals surface area (Å²) >= 11 is 5.68. The Bertz CT molecular complexity index is 1020. The number of benzene rings is 2. The summed E-state index contributed by atoms with van der Waals surface area (Å²) in [6.45, 7) is 4.91. The number of ether oxygens (including phenoxy) is 3. The summed E-state index contributed by atoms with van der Waals surface area (Å²) in [6.07, 6.45) is 0. The van der Waals surface area contributed by atoms with E-state index in [9.17, 15) is 4.79 Å². The van der Waals surface area contributed by atoms with Crippen LogP contribution in [0.5, 0.6) is 11.5 Å². The van der Waals surface area contributed by atoms with Crippen molar-refractivity contribution in [3.05, 3.63) is 64.9 Å². The molecule has 4 rings (SSSR count). The summed E-state index contributed by atoms with van der Waals surface area (Å²) in [6, 6.07) is 13.2. The van der Waals surface area contributed by atoms with E-state index in [0.717, 1.165) is 22.5 Å². The lowest BCUT2D eigenvalue weighted by atomic mass is 9.94. The number of methoxy groups -OCH3 is 1. The van der Waals surface area contributed by atoms with Crippen LogP contribution in [0.25, 0.3) is 0 Å². The molecule has 0 radical (unpaired) electrons. The molecule has 0 saturated heterocycles. The van der Waals surface area contributed by atoms with Crippen LogP contribution in [-0.2, 0) is 9.53 Å². The zero-order valence-electron chi connectivity index (χ0n) is 16.5. The minimum atomic E-state index is -0.452. The van der Waals surface area contributed by atoms with Crippen molar-refractivity contribution >= 4 is 29.0 Å². The van der Waals surface area contributed by atoms with Crippen LogP contribution in [0, 0.1) is 6.92 Å². The molecular weight excluding hydrogens is 388 g/mol. The van der Waals surface area contributed by atoms with E-state index in [0.29, 0.717) is 35.4 Å². The van der Waals surface area contributed by atoms with E-state index in [-0.39, 0.29) is 0 Å². The van der Waals surface area contributed by atoms with Gasteiger partial charge in [0.25, 0.3) is 0 Å². The van der Waals surface area contributed by atoms with Crippen molar-refractivity contribution < 1.29 is 19.0 Å². The molecule has 0 aromatic heterocycles. The molecule has 7 heteroatoms. The first-order chi connectivity index (χ1) is 14.0. The summed E-state index contributed by atoms with van der Waals surface area (Å²) in [4.78, 5) is 14.6. The maximum atomic E-state index is 12.8. The zero-order valence-corrected chi connectivity index (χ0v) is 17.3. The van der Waals surface area contributed by atoms with Crippen LogP contribution < -0.4 is 19.7 Å². The molecule has 1 N–H and O–H groups in total. The van der Waals surface area contributed by atoms with Gasteiger partial charge in [0.1, 0.15) is 13.2 Å². The van der Waals surface area contributed by atoms with Gasteiger partial charge in [-0.1, -0.05) is 18.2 Å². The molecule has 0 aliphatic carbocycles. The first-order valence-electron chi connectivity index (χ1n) is 9.35. The number of esters is 1. The first-order valence-corrected chi connectivity index (χ1v) is 9.76. The highest BCUT2D eigenvalue weighted by Crippen LogP contribution is 2.38. The fourth-order valence-corrected chi connectivity index (χ4v) is 4.05. The molecule has 0 bridgehead atoms. The van der Waals surface area contributed by atoms with Gasteiger partial charge in [-0.15, -0.1) is 0 Å². The van der Waals surface area contributed by atoms with Crippen molar-refractivity contribution in [1.29, 1.82) is 0 Å². The summed E-state index contributed by atoms with van der Waals surface area (Å²) in [5.41, 5.74) is 4.07. The Morgan fingerprint density at radius 3 is 2.62 bits per heavy atom. The maximum absolute atomic E-state index is 12.8. The predicted molar refractivity (Wildman–Crippen MR) is 114 cm³/mol. The lowest BCUT2D eigenvalue weighted by molar-refractivity contribution is -0.136. The number of hydrogen-bond acceptors (Lipinski definition) is 5. The molecule has 0 spiro atoms. The Morgan fingerprint density at radius 2 is 1.90 bits per heavy atom. The van der Waals surface area contributed by atoms with Crippen LogP contribution in [-0.4, -0.2) is 31.4 Å². The Morgan fingerprint density at radius 1 is 1.14 bits per heavy atom. The van der Waals surface area contributed by atoms with Crippen LogP contribution in [0.4, 0.5) is 5.69 Å². The molecule has 2 aromatic rings. The highest BCUT2D eigenvalue weighted by Gasteiger charge is 2.35. The number of nitrogens with zero attached hydrogens (tertiary/aromatic N) is 1. The molecule has 1 atom stereocenters. The average molecular weight is 410 g/mol. The number of fused-ring (bicyclic) bond motifs is 1. The number of anilines is 1. The van der Waals surface area contributed by atoms with Crippen LogP contribution >= 0.6 is 12.2 Å². The van der Waals surface area contributed by atoms with E-state index in [2.05, 4.69) is 5.32 Å². The van der Waals surface area contributed by atoms with Gasteiger partial charge in [-0.25, -0.2) is 4.79 Å². The summed E-state index contributed by atoms with van der Waals surface area (Å²) in [7, 11) is 1.38. The third-order valence-electron chi connectivity index (χ3n) is 5.05. The molecule has 2 aromatic carbocycles. The zero-order chi connectivity index (χ0) is 20.5. The Kier molecular flexibility index (Phi) is 5.15. The normalized spacial score (nSPS) is 18.4. The minimum absolute atomic E-state index is 0.407. The third kappa shape index (κ3) is 3.53. The summed E-state index contributed by atoms with van der Waals surface area (Å²) in [5.74, 6) is 0.944. The van der Waals surface area contributed by atoms with E-state index in [4.69, 9.17) is 26.4 Å². The van der Waals surface area contributed by atoms with Crippen LogP contribution in [0.3, 0.4) is 0 Å². The van der Waals surface area contributed by atoms with Gasteiger partial charge in [0.15, 0.2) is 16.6 Å². The van der Waals surface area contributed by atoms with Gasteiger partial charge in [0.2, 0.25) is 0 Å². The van der Waals surface area contributed by atoms with Gasteiger partial charge in [-0.05, 0) is 61.5 Å². The van der Waals surface area contributed by atoms with Crippen LogP contribution in [0.1, 0.15) is 24.1 Å². The highest BCUT2D eigenvalue weighted by molar-refractivity contribution is 7.80. The van der Waals surface area contributed by atoms with Gasteiger partial charge < -0.3 is 19.5 Å². The van der Waals surface area contributed by atoms with Crippen molar-refractivity contribution in [2.24, 2.45) is 0 Å². The Balaban J connectivity index is 1.81. The number of thiocarbonyl (C=S) groups is 1. The summed E-state index contributed by atoms with van der Waals surface area (Å²) < 4.78 is 16.4. The molecular formula is C22H22N2O4S. The van der Waals surface area contributed by atoms with Crippen molar-refractivity contribution in [3.8, 4) is 11.5 Å². The molecule has 0 unspecified atom stereocenters. The lowest BCUT2D eigenvalue weighted by Gasteiger charge is -2.37. The molecule has 29 heavy (non-hydrogen) atoms. The molecule has 2 heterocycles. The maximum Gasteiger partial charge on any atom is 0.337 e. The Hall–Kier alpha value is -3.06. The lowest BCUT2D eigenvalue weighted by Crippen LogP contribution is -2.48. The number of carbonyl (C=O) groups is 1. The van der Waals surface area contributed by atoms with Crippen molar-refractivity contribution in [3.63, 3.8) is 0 Å². The number of carbonyl (C=O) groups excluding carboxylic acids is 1. The second kappa shape index (κ2) is 7.75. The van der Waals surface area contributed by atoms with Gasteiger partial charge >= 0.3 is 5.97 Å². The van der Waals surface area contributed by atoms with Crippen LogP contribution in [0.15, 0.2) is 53.7 Å². The van der Waals surface area contributed by atoms with Crippen molar-refractivity contribution in [2.45, 2.75) is 19.9 Å². The highest BCUT2D eigenvalue weighted by atomic mass is 32.1. The summed E-state index contributed by atoms with van der Waals surface area (Å²) in [5, 5.41) is 3.82. The molecule has 150 valence electrons. The second-order valence-corrected chi connectivity index (χ2v) is 7.34. The van der Waals surface area contributed by atoms with Crippen molar-refractivity contribution in [2.75, 3.05) is 25.2 Å². The first kappa shape index (κ1) is 19.3. The van der Waals surface area contributed by atoms with Gasteiger partial charge in [-0.3, -0.25) is 4.90 Å².